The van der Waals surface area contributed by atoms with E-state index in [4.69, 9.17) is 0 Å². The minimum atomic E-state index is -0.388. The Balaban J connectivity index is 1.87. The summed E-state index contributed by atoms with van der Waals surface area (Å²) in [6, 6.07) is 11.2. The van der Waals surface area contributed by atoms with Crippen LogP contribution in [-0.2, 0) is 13.1 Å². The molecule has 2 aromatic carbocycles. The molecule has 0 saturated carbocycles. The molecule has 1 aliphatic heterocycles. The molecule has 0 unspecified atom stereocenters. The van der Waals surface area contributed by atoms with Gasteiger partial charge >= 0.3 is 0 Å². The molecule has 0 amide bonds. The second-order valence-corrected chi connectivity index (χ2v) is 4.54. The van der Waals surface area contributed by atoms with Gasteiger partial charge in [-0.25, -0.2) is 4.39 Å². The fourth-order valence-corrected chi connectivity index (χ4v) is 2.33. The van der Waals surface area contributed by atoms with E-state index < -0.39 is 0 Å². The van der Waals surface area contributed by atoms with Crippen molar-refractivity contribution >= 4 is 11.4 Å². The Bertz CT molecular complexity index is 640. The highest BCUT2D eigenvalue weighted by Crippen LogP contribution is 2.30. The summed E-state index contributed by atoms with van der Waals surface area (Å²) in [5.41, 5.74) is 3.06. The van der Waals surface area contributed by atoms with E-state index in [1.165, 1.54) is 18.2 Å². The molecule has 1 heterocycles. The van der Waals surface area contributed by atoms with Gasteiger partial charge in [0.25, 0.3) is 5.69 Å². The van der Waals surface area contributed by atoms with Crippen molar-refractivity contribution in [3.05, 3.63) is 69.5 Å². The maximum absolute atomic E-state index is 12.9. The number of nitrogens with zero attached hydrogens (tertiary/aromatic N) is 2. The molecular formula is C14H11FN2O2. The van der Waals surface area contributed by atoms with Gasteiger partial charge in [0.15, 0.2) is 0 Å². The van der Waals surface area contributed by atoms with E-state index in [1.807, 2.05) is 0 Å². The third-order valence-corrected chi connectivity index (χ3v) is 3.31. The number of fused-ring (bicyclic) bond motifs is 1. The van der Waals surface area contributed by atoms with E-state index in [1.54, 1.807) is 24.3 Å². The summed E-state index contributed by atoms with van der Waals surface area (Å²) in [4.78, 5) is 12.4. The number of halogens is 1. The molecule has 1 aliphatic rings. The SMILES string of the molecule is O=[N+]([O-])c1ccc2c(c1)CN(c1ccc(F)cc1)C2. The number of hydrogen-bond acceptors (Lipinski definition) is 3. The fourth-order valence-electron chi connectivity index (χ4n) is 2.33. The number of nitro groups is 1. The lowest BCUT2D eigenvalue weighted by atomic mass is 10.1. The fraction of sp³-hybridized carbons (Fsp3) is 0.143. The van der Waals surface area contributed by atoms with E-state index in [9.17, 15) is 14.5 Å². The van der Waals surface area contributed by atoms with Crippen LogP contribution >= 0.6 is 0 Å². The molecule has 0 spiro atoms. The Morgan fingerprint density at radius 2 is 1.74 bits per heavy atom. The zero-order valence-corrected chi connectivity index (χ0v) is 10.0. The van der Waals surface area contributed by atoms with Gasteiger partial charge in [-0.1, -0.05) is 6.07 Å². The van der Waals surface area contributed by atoms with Crippen LogP contribution in [0.5, 0.6) is 0 Å². The summed E-state index contributed by atoms with van der Waals surface area (Å²) in [7, 11) is 0. The standard InChI is InChI=1S/C14H11FN2O2/c15-12-2-5-13(6-3-12)16-8-10-1-4-14(17(18)19)7-11(10)9-16/h1-7H,8-9H2. The first-order valence-electron chi connectivity index (χ1n) is 5.90. The first-order valence-corrected chi connectivity index (χ1v) is 5.90. The predicted molar refractivity (Wildman–Crippen MR) is 69.4 cm³/mol. The van der Waals surface area contributed by atoms with Gasteiger partial charge in [-0.2, -0.15) is 0 Å². The molecule has 5 heteroatoms. The van der Waals surface area contributed by atoms with E-state index in [0.29, 0.717) is 13.1 Å². The number of non-ortho nitro benzene ring substituents is 1. The zero-order chi connectivity index (χ0) is 13.4. The van der Waals surface area contributed by atoms with Crippen molar-refractivity contribution in [1.82, 2.24) is 0 Å². The maximum atomic E-state index is 12.9. The molecule has 19 heavy (non-hydrogen) atoms. The molecule has 0 aromatic heterocycles. The molecule has 0 aliphatic carbocycles. The van der Waals surface area contributed by atoms with Crippen LogP contribution < -0.4 is 4.90 Å². The van der Waals surface area contributed by atoms with Crippen LogP contribution in [-0.4, -0.2) is 4.92 Å². The second kappa shape index (κ2) is 4.35. The lowest BCUT2D eigenvalue weighted by Gasteiger charge is -2.17. The van der Waals surface area contributed by atoms with Gasteiger partial charge < -0.3 is 4.90 Å². The third kappa shape index (κ3) is 2.14. The number of anilines is 1. The van der Waals surface area contributed by atoms with Crippen LogP contribution in [0, 0.1) is 15.9 Å². The quantitative estimate of drug-likeness (QED) is 0.613. The maximum Gasteiger partial charge on any atom is 0.269 e. The molecule has 0 saturated heterocycles. The molecule has 0 bridgehead atoms. The van der Waals surface area contributed by atoms with Crippen LogP contribution in [0.25, 0.3) is 0 Å². The first-order chi connectivity index (χ1) is 9.13. The Hall–Kier alpha value is -2.43. The van der Waals surface area contributed by atoms with Crippen molar-refractivity contribution in [2.45, 2.75) is 13.1 Å². The van der Waals surface area contributed by atoms with Crippen LogP contribution in [0.4, 0.5) is 15.8 Å². The molecule has 3 rings (SSSR count). The van der Waals surface area contributed by atoms with Gasteiger partial charge in [0.1, 0.15) is 5.82 Å². The smallest absolute Gasteiger partial charge is 0.269 e. The summed E-state index contributed by atoms with van der Waals surface area (Å²) in [6.45, 7) is 1.31. The Morgan fingerprint density at radius 1 is 1.05 bits per heavy atom. The zero-order valence-electron chi connectivity index (χ0n) is 10.0. The summed E-state index contributed by atoms with van der Waals surface area (Å²) in [6.07, 6.45) is 0. The molecule has 2 aromatic rings. The molecule has 0 atom stereocenters. The van der Waals surface area contributed by atoms with Gasteiger partial charge in [-0.3, -0.25) is 10.1 Å². The molecule has 0 fully saturated rings. The molecule has 0 N–H and O–H groups in total. The molecule has 0 radical (unpaired) electrons. The van der Waals surface area contributed by atoms with Crippen molar-refractivity contribution in [2.24, 2.45) is 0 Å². The molecule has 4 nitrogen and oxygen atoms in total. The van der Waals surface area contributed by atoms with Crippen molar-refractivity contribution in [2.75, 3.05) is 4.90 Å². The van der Waals surface area contributed by atoms with Gasteiger partial charge in [-0.05, 0) is 35.4 Å². The average molecular weight is 258 g/mol. The lowest BCUT2D eigenvalue weighted by molar-refractivity contribution is -0.384. The lowest BCUT2D eigenvalue weighted by Crippen LogP contribution is -2.14. The number of rotatable bonds is 2. The van der Waals surface area contributed by atoms with Crippen LogP contribution in [0.2, 0.25) is 0 Å². The summed E-state index contributed by atoms with van der Waals surface area (Å²) in [5, 5.41) is 10.7. The second-order valence-electron chi connectivity index (χ2n) is 4.54. The van der Waals surface area contributed by atoms with Gasteiger partial charge in [0.05, 0.1) is 4.92 Å². The monoisotopic (exact) mass is 258 g/mol. The minimum absolute atomic E-state index is 0.111. The van der Waals surface area contributed by atoms with Gasteiger partial charge in [0, 0.05) is 30.9 Å². The van der Waals surface area contributed by atoms with Crippen molar-refractivity contribution in [1.29, 1.82) is 0 Å². The summed E-state index contributed by atoms with van der Waals surface area (Å²) in [5.74, 6) is -0.268. The Kier molecular flexibility index (Phi) is 2.67. The first kappa shape index (κ1) is 11.6. The highest BCUT2D eigenvalue weighted by molar-refractivity contribution is 5.53. The minimum Gasteiger partial charge on any atom is -0.363 e. The molecule has 96 valence electrons. The Labute approximate surface area is 109 Å². The highest BCUT2D eigenvalue weighted by atomic mass is 19.1. The third-order valence-electron chi connectivity index (χ3n) is 3.31. The van der Waals surface area contributed by atoms with Crippen LogP contribution in [0.15, 0.2) is 42.5 Å². The normalized spacial score (nSPS) is 13.4. The van der Waals surface area contributed by atoms with E-state index in [2.05, 4.69) is 4.90 Å². The van der Waals surface area contributed by atoms with Crippen molar-refractivity contribution < 1.29 is 9.31 Å². The topological polar surface area (TPSA) is 46.4 Å². The number of benzene rings is 2. The van der Waals surface area contributed by atoms with E-state index in [0.717, 1.165) is 16.8 Å². The number of hydrogen-bond donors (Lipinski definition) is 0. The van der Waals surface area contributed by atoms with Crippen LogP contribution in [0.1, 0.15) is 11.1 Å². The van der Waals surface area contributed by atoms with Crippen molar-refractivity contribution in [3.8, 4) is 0 Å². The van der Waals surface area contributed by atoms with Crippen LogP contribution in [0.3, 0.4) is 0 Å². The molecular weight excluding hydrogens is 247 g/mol. The average Bonchev–Trinajstić information content (AvgIpc) is 2.82. The summed E-state index contributed by atoms with van der Waals surface area (Å²) < 4.78 is 12.9. The van der Waals surface area contributed by atoms with E-state index >= 15 is 0 Å². The predicted octanol–water partition coefficient (Wildman–Crippen LogP) is 3.25. The Morgan fingerprint density at radius 3 is 2.42 bits per heavy atom. The van der Waals surface area contributed by atoms with Crippen molar-refractivity contribution in [3.63, 3.8) is 0 Å². The summed E-state index contributed by atoms with van der Waals surface area (Å²) >= 11 is 0. The highest BCUT2D eigenvalue weighted by Gasteiger charge is 2.21. The largest absolute Gasteiger partial charge is 0.363 e. The van der Waals surface area contributed by atoms with Gasteiger partial charge in [-0.15, -0.1) is 0 Å². The van der Waals surface area contributed by atoms with Gasteiger partial charge in [0.2, 0.25) is 0 Å². The van der Waals surface area contributed by atoms with E-state index in [-0.39, 0.29) is 16.4 Å². The number of nitro benzene ring substituents is 1.